The summed E-state index contributed by atoms with van der Waals surface area (Å²) in [5, 5.41) is 5.69. The highest BCUT2D eigenvalue weighted by Gasteiger charge is 2.15. The Hall–Kier alpha value is -2.60. The molecule has 1 unspecified atom stereocenters. The number of nitrogens with one attached hydrogen (secondary N) is 2. The van der Waals surface area contributed by atoms with Crippen LogP contribution in [0, 0.1) is 0 Å². The number of rotatable bonds is 9. The topological polar surface area (TPSA) is 74.6 Å². The molecule has 1 atom stereocenters. The monoisotopic (exact) mass is 343 g/mol. The Bertz CT molecular complexity index is 654. The molecule has 0 aliphatic carbocycles. The quantitative estimate of drug-likeness (QED) is 0.685. The zero-order valence-electron chi connectivity index (χ0n) is 14.7. The van der Waals surface area contributed by atoms with Gasteiger partial charge in [-0.1, -0.05) is 30.3 Å². The van der Waals surface area contributed by atoms with Crippen molar-refractivity contribution in [1.29, 1.82) is 0 Å². The zero-order chi connectivity index (χ0) is 18.1. The maximum absolute atomic E-state index is 12.0. The highest BCUT2D eigenvalue weighted by atomic mass is 16.3. The van der Waals surface area contributed by atoms with E-state index in [1.807, 2.05) is 32.3 Å². The first-order valence-corrected chi connectivity index (χ1v) is 8.37. The molecule has 0 spiro atoms. The molecular weight excluding hydrogens is 318 g/mol. The second kappa shape index (κ2) is 9.64. The van der Waals surface area contributed by atoms with Crippen LogP contribution in [0.25, 0.3) is 0 Å². The minimum atomic E-state index is -0.262. The molecule has 6 heteroatoms. The number of carbonyl (C=O) groups excluding carboxylic acids is 2. The summed E-state index contributed by atoms with van der Waals surface area (Å²) in [4.78, 5) is 25.8. The van der Waals surface area contributed by atoms with Crippen molar-refractivity contribution >= 4 is 11.8 Å². The van der Waals surface area contributed by atoms with Gasteiger partial charge in [-0.2, -0.15) is 0 Å². The number of nitrogens with zero attached hydrogens (tertiary/aromatic N) is 1. The summed E-state index contributed by atoms with van der Waals surface area (Å²) in [7, 11) is 3.99. The molecule has 134 valence electrons. The van der Waals surface area contributed by atoms with Crippen molar-refractivity contribution < 1.29 is 14.0 Å². The van der Waals surface area contributed by atoms with Gasteiger partial charge in [-0.15, -0.1) is 0 Å². The first kappa shape index (κ1) is 18.7. The van der Waals surface area contributed by atoms with E-state index in [0.29, 0.717) is 25.9 Å². The van der Waals surface area contributed by atoms with Crippen molar-refractivity contribution in [3.8, 4) is 0 Å². The van der Waals surface area contributed by atoms with Crippen molar-refractivity contribution in [3.63, 3.8) is 0 Å². The second-order valence-corrected chi connectivity index (χ2v) is 6.03. The summed E-state index contributed by atoms with van der Waals surface area (Å²) < 4.78 is 5.01. The first-order chi connectivity index (χ1) is 12.1. The average Bonchev–Trinajstić information content (AvgIpc) is 3.14. The van der Waals surface area contributed by atoms with E-state index in [9.17, 15) is 9.59 Å². The smallest absolute Gasteiger partial charge is 0.286 e. The van der Waals surface area contributed by atoms with Crippen LogP contribution in [-0.4, -0.2) is 43.9 Å². The number of likely N-dealkylation sites (N-methyl/N-ethyl adjacent to an activating group) is 1. The van der Waals surface area contributed by atoms with Crippen LogP contribution in [0.4, 0.5) is 0 Å². The summed E-state index contributed by atoms with van der Waals surface area (Å²) in [6.45, 7) is 0.983. The summed E-state index contributed by atoms with van der Waals surface area (Å²) in [5.74, 6) is -0.00155. The van der Waals surface area contributed by atoms with E-state index < -0.39 is 0 Å². The Kier molecular flexibility index (Phi) is 7.22. The molecule has 0 aliphatic rings. The van der Waals surface area contributed by atoms with Crippen LogP contribution in [0.2, 0.25) is 0 Å². The molecule has 0 saturated carbocycles. The molecule has 2 aromatic rings. The third kappa shape index (κ3) is 6.08. The largest absolute Gasteiger partial charge is 0.459 e. The van der Waals surface area contributed by atoms with Gasteiger partial charge in [-0.05, 0) is 38.2 Å². The molecule has 1 heterocycles. The van der Waals surface area contributed by atoms with E-state index in [4.69, 9.17) is 4.42 Å². The molecule has 0 bridgehead atoms. The van der Waals surface area contributed by atoms with Crippen LogP contribution in [0.3, 0.4) is 0 Å². The fraction of sp³-hybridized carbons (Fsp3) is 0.368. The number of hydrogen-bond donors (Lipinski definition) is 2. The van der Waals surface area contributed by atoms with E-state index in [2.05, 4.69) is 27.7 Å². The SMILES string of the molecule is CN(C)C(CNC(=O)CCCNC(=O)c1ccco1)c1ccccc1. The van der Waals surface area contributed by atoms with Crippen molar-refractivity contribution in [2.75, 3.05) is 27.2 Å². The molecule has 2 amide bonds. The van der Waals surface area contributed by atoms with Gasteiger partial charge in [0, 0.05) is 19.5 Å². The number of furan rings is 1. The second-order valence-electron chi connectivity index (χ2n) is 6.03. The van der Waals surface area contributed by atoms with Crippen molar-refractivity contribution in [3.05, 3.63) is 60.1 Å². The Morgan fingerprint density at radius 1 is 1.08 bits per heavy atom. The van der Waals surface area contributed by atoms with E-state index in [1.54, 1.807) is 12.1 Å². The van der Waals surface area contributed by atoms with Gasteiger partial charge in [-0.3, -0.25) is 9.59 Å². The molecule has 6 nitrogen and oxygen atoms in total. The summed E-state index contributed by atoms with van der Waals surface area (Å²) in [6, 6.07) is 13.5. The van der Waals surface area contributed by atoms with Crippen molar-refractivity contribution in [1.82, 2.24) is 15.5 Å². The van der Waals surface area contributed by atoms with E-state index >= 15 is 0 Å². The number of benzene rings is 1. The predicted molar refractivity (Wildman–Crippen MR) is 96.2 cm³/mol. The minimum Gasteiger partial charge on any atom is -0.459 e. The molecule has 25 heavy (non-hydrogen) atoms. The lowest BCUT2D eigenvalue weighted by molar-refractivity contribution is -0.121. The van der Waals surface area contributed by atoms with Gasteiger partial charge in [0.25, 0.3) is 5.91 Å². The molecule has 0 aliphatic heterocycles. The third-order valence-corrected chi connectivity index (χ3v) is 3.91. The predicted octanol–water partition coefficient (Wildman–Crippen LogP) is 2.21. The lowest BCUT2D eigenvalue weighted by Gasteiger charge is -2.25. The van der Waals surface area contributed by atoms with E-state index in [1.165, 1.54) is 11.8 Å². The van der Waals surface area contributed by atoms with Crippen LogP contribution in [0.15, 0.2) is 53.1 Å². The Morgan fingerprint density at radius 2 is 1.84 bits per heavy atom. The Labute approximate surface area is 148 Å². The van der Waals surface area contributed by atoms with Gasteiger partial charge >= 0.3 is 0 Å². The number of carbonyl (C=O) groups is 2. The maximum atomic E-state index is 12.0. The Morgan fingerprint density at radius 3 is 2.48 bits per heavy atom. The van der Waals surface area contributed by atoms with Crippen LogP contribution in [-0.2, 0) is 4.79 Å². The standard InChI is InChI=1S/C19H25N3O3/c1-22(2)16(15-8-4-3-5-9-15)14-21-18(23)11-6-12-20-19(24)17-10-7-13-25-17/h3-5,7-10,13,16H,6,11-12,14H2,1-2H3,(H,20,24)(H,21,23). The van der Waals surface area contributed by atoms with Crippen LogP contribution >= 0.6 is 0 Å². The van der Waals surface area contributed by atoms with Crippen LogP contribution in [0.1, 0.15) is 35.0 Å². The number of hydrogen-bond acceptors (Lipinski definition) is 4. The van der Waals surface area contributed by atoms with E-state index in [-0.39, 0.29) is 23.6 Å². The molecule has 2 N–H and O–H groups in total. The fourth-order valence-corrected chi connectivity index (χ4v) is 2.52. The minimum absolute atomic E-state index is 0.0185. The lowest BCUT2D eigenvalue weighted by atomic mass is 10.1. The lowest BCUT2D eigenvalue weighted by Crippen LogP contribution is -2.35. The van der Waals surface area contributed by atoms with Crippen molar-refractivity contribution in [2.24, 2.45) is 0 Å². The van der Waals surface area contributed by atoms with E-state index in [0.717, 1.165) is 0 Å². The summed E-state index contributed by atoms with van der Waals surface area (Å²) in [5.41, 5.74) is 1.17. The van der Waals surface area contributed by atoms with Gasteiger partial charge in [0.15, 0.2) is 5.76 Å². The van der Waals surface area contributed by atoms with Gasteiger partial charge in [0.2, 0.25) is 5.91 Å². The molecule has 1 aromatic heterocycles. The maximum Gasteiger partial charge on any atom is 0.286 e. The molecular formula is C19H25N3O3. The highest BCUT2D eigenvalue weighted by Crippen LogP contribution is 2.16. The normalized spacial score (nSPS) is 12.0. The number of amides is 2. The third-order valence-electron chi connectivity index (χ3n) is 3.91. The molecule has 0 fully saturated rings. The van der Waals surface area contributed by atoms with Crippen LogP contribution < -0.4 is 10.6 Å². The molecule has 0 radical (unpaired) electrons. The van der Waals surface area contributed by atoms with Gasteiger partial charge in [-0.25, -0.2) is 0 Å². The zero-order valence-corrected chi connectivity index (χ0v) is 14.7. The molecule has 2 rings (SSSR count). The fourth-order valence-electron chi connectivity index (χ4n) is 2.52. The molecule has 1 aromatic carbocycles. The van der Waals surface area contributed by atoms with Gasteiger partial charge < -0.3 is 20.0 Å². The molecule has 0 saturated heterocycles. The summed E-state index contributed by atoms with van der Waals surface area (Å²) >= 11 is 0. The van der Waals surface area contributed by atoms with Crippen LogP contribution in [0.5, 0.6) is 0 Å². The highest BCUT2D eigenvalue weighted by molar-refractivity contribution is 5.91. The average molecular weight is 343 g/mol. The first-order valence-electron chi connectivity index (χ1n) is 8.37. The van der Waals surface area contributed by atoms with Gasteiger partial charge in [0.1, 0.15) is 0 Å². The Balaban J connectivity index is 1.68. The van der Waals surface area contributed by atoms with Crippen molar-refractivity contribution in [2.45, 2.75) is 18.9 Å². The van der Waals surface area contributed by atoms with Gasteiger partial charge in [0.05, 0.1) is 12.3 Å². The summed E-state index contributed by atoms with van der Waals surface area (Å²) in [6.07, 6.45) is 2.40.